The summed E-state index contributed by atoms with van der Waals surface area (Å²) >= 11 is 0. The molecular formula is C18H18N4O6. The third kappa shape index (κ3) is 3.20. The Morgan fingerprint density at radius 3 is 2.32 bits per heavy atom. The summed E-state index contributed by atoms with van der Waals surface area (Å²) in [5.74, 6) is -1.33. The van der Waals surface area contributed by atoms with Crippen molar-refractivity contribution in [1.82, 2.24) is 18.7 Å². The number of carbonyl (C=O) groups excluding carboxylic acids is 2. The zero-order chi connectivity index (χ0) is 20.4. The molecule has 3 aromatic rings. The van der Waals surface area contributed by atoms with E-state index in [2.05, 4.69) is 9.72 Å². The van der Waals surface area contributed by atoms with Gasteiger partial charge in [0.25, 0.3) is 5.56 Å². The number of hydrogen-bond donors (Lipinski definition) is 0. The molecule has 2 aromatic heterocycles. The fourth-order valence-electron chi connectivity index (χ4n) is 2.83. The molecule has 0 saturated heterocycles. The average molecular weight is 386 g/mol. The summed E-state index contributed by atoms with van der Waals surface area (Å²) in [5, 5.41) is 0. The summed E-state index contributed by atoms with van der Waals surface area (Å²) in [7, 11) is 4.12. The van der Waals surface area contributed by atoms with Crippen LogP contribution in [-0.4, -0.2) is 44.3 Å². The maximum Gasteiger partial charge on any atom is 0.339 e. The summed E-state index contributed by atoms with van der Waals surface area (Å²) in [6, 6.07) is 6.15. The van der Waals surface area contributed by atoms with Crippen molar-refractivity contribution < 1.29 is 19.1 Å². The number of fused-ring (bicyclic) bond motifs is 1. The van der Waals surface area contributed by atoms with Crippen molar-refractivity contribution in [2.75, 3.05) is 13.7 Å². The van der Waals surface area contributed by atoms with Gasteiger partial charge in [-0.3, -0.25) is 13.9 Å². The highest BCUT2D eigenvalue weighted by atomic mass is 16.5. The Kier molecular flexibility index (Phi) is 5.12. The third-order valence-corrected chi connectivity index (χ3v) is 4.33. The molecule has 0 fully saturated rings. The van der Waals surface area contributed by atoms with E-state index in [9.17, 15) is 19.2 Å². The second-order valence-corrected chi connectivity index (χ2v) is 5.99. The molecule has 0 unspecified atom stereocenters. The molecule has 146 valence electrons. The minimum absolute atomic E-state index is 0.0637. The van der Waals surface area contributed by atoms with Crippen LogP contribution in [0.2, 0.25) is 0 Å². The smallest absolute Gasteiger partial charge is 0.339 e. The van der Waals surface area contributed by atoms with Crippen molar-refractivity contribution in [3.63, 3.8) is 0 Å². The number of nitrogens with zero attached hydrogens (tertiary/aromatic N) is 4. The van der Waals surface area contributed by atoms with E-state index in [0.29, 0.717) is 0 Å². The van der Waals surface area contributed by atoms with Crippen molar-refractivity contribution in [3.05, 3.63) is 62.6 Å². The number of methoxy groups -OCH3 is 1. The lowest BCUT2D eigenvalue weighted by atomic mass is 10.1. The molecule has 0 spiro atoms. The molecular weight excluding hydrogens is 368 g/mol. The first-order valence-corrected chi connectivity index (χ1v) is 8.32. The van der Waals surface area contributed by atoms with Gasteiger partial charge in [0.05, 0.1) is 31.1 Å². The Balaban J connectivity index is 1.80. The molecule has 2 heterocycles. The molecule has 3 rings (SSSR count). The van der Waals surface area contributed by atoms with Crippen LogP contribution in [0.1, 0.15) is 20.7 Å². The van der Waals surface area contributed by atoms with Gasteiger partial charge in [-0.1, -0.05) is 12.1 Å². The average Bonchev–Trinajstić information content (AvgIpc) is 3.14. The summed E-state index contributed by atoms with van der Waals surface area (Å²) in [6.07, 6.45) is 1.40. The predicted octanol–water partition coefficient (Wildman–Crippen LogP) is 0.0773. The van der Waals surface area contributed by atoms with Crippen LogP contribution in [0.3, 0.4) is 0 Å². The molecule has 0 aliphatic rings. The highest BCUT2D eigenvalue weighted by molar-refractivity contribution is 6.03. The first-order chi connectivity index (χ1) is 13.4. The van der Waals surface area contributed by atoms with Crippen molar-refractivity contribution in [2.24, 2.45) is 14.1 Å². The molecule has 28 heavy (non-hydrogen) atoms. The number of hydrogen-bond acceptors (Lipinski definition) is 7. The third-order valence-electron chi connectivity index (χ3n) is 4.33. The first-order valence-electron chi connectivity index (χ1n) is 8.32. The normalized spacial score (nSPS) is 10.8. The summed E-state index contributed by atoms with van der Waals surface area (Å²) < 4.78 is 13.7. The molecule has 0 N–H and O–H groups in total. The second-order valence-electron chi connectivity index (χ2n) is 5.99. The maximum atomic E-state index is 12.4. The summed E-state index contributed by atoms with van der Waals surface area (Å²) in [5.41, 5.74) is -0.298. The van der Waals surface area contributed by atoms with Gasteiger partial charge in [-0.05, 0) is 12.1 Å². The van der Waals surface area contributed by atoms with E-state index in [1.54, 1.807) is 12.1 Å². The van der Waals surface area contributed by atoms with Crippen LogP contribution in [0.4, 0.5) is 0 Å². The van der Waals surface area contributed by atoms with Crippen LogP contribution in [-0.2, 0) is 30.1 Å². The number of esters is 2. The van der Waals surface area contributed by atoms with Crippen molar-refractivity contribution in [3.8, 4) is 0 Å². The number of aryl methyl sites for hydroxylation is 1. The zero-order valence-corrected chi connectivity index (χ0v) is 15.5. The fourth-order valence-corrected chi connectivity index (χ4v) is 2.83. The van der Waals surface area contributed by atoms with Gasteiger partial charge in [-0.2, -0.15) is 0 Å². The van der Waals surface area contributed by atoms with Gasteiger partial charge >= 0.3 is 17.6 Å². The van der Waals surface area contributed by atoms with E-state index in [1.807, 2.05) is 0 Å². The first kappa shape index (κ1) is 19.1. The van der Waals surface area contributed by atoms with Gasteiger partial charge in [0.15, 0.2) is 11.2 Å². The van der Waals surface area contributed by atoms with E-state index >= 15 is 0 Å². The number of aromatic nitrogens is 4. The van der Waals surface area contributed by atoms with Crippen LogP contribution in [0.5, 0.6) is 0 Å². The van der Waals surface area contributed by atoms with Crippen LogP contribution in [0.15, 0.2) is 40.2 Å². The molecule has 0 aliphatic heterocycles. The van der Waals surface area contributed by atoms with Crippen LogP contribution < -0.4 is 11.2 Å². The van der Waals surface area contributed by atoms with Gasteiger partial charge in [0.1, 0.15) is 6.61 Å². The van der Waals surface area contributed by atoms with Crippen LogP contribution >= 0.6 is 0 Å². The number of imidazole rings is 1. The Hall–Kier alpha value is -3.69. The minimum atomic E-state index is -0.689. The highest BCUT2D eigenvalue weighted by Gasteiger charge is 2.19. The number of carbonyl (C=O) groups is 2. The number of ether oxygens (including phenoxy) is 2. The van der Waals surface area contributed by atoms with E-state index < -0.39 is 23.2 Å². The molecule has 0 radical (unpaired) electrons. The SMILES string of the molecule is COC(=O)c1ccccc1C(=O)OCCn1cnc2c1c(=O)n(C)c(=O)n2C. The molecule has 0 bridgehead atoms. The molecule has 0 atom stereocenters. The van der Waals surface area contributed by atoms with Gasteiger partial charge in [-0.15, -0.1) is 0 Å². The van der Waals surface area contributed by atoms with Crippen molar-refractivity contribution in [2.45, 2.75) is 6.54 Å². The zero-order valence-electron chi connectivity index (χ0n) is 15.5. The lowest BCUT2D eigenvalue weighted by Crippen LogP contribution is -2.37. The quantitative estimate of drug-likeness (QED) is 0.570. The lowest BCUT2D eigenvalue weighted by molar-refractivity contribution is 0.0475. The summed E-state index contributed by atoms with van der Waals surface area (Å²) in [4.78, 5) is 52.5. The van der Waals surface area contributed by atoms with Crippen molar-refractivity contribution in [1.29, 1.82) is 0 Å². The fraction of sp³-hybridized carbons (Fsp3) is 0.278. The largest absolute Gasteiger partial charge is 0.465 e. The Bertz CT molecular complexity index is 1190. The van der Waals surface area contributed by atoms with Gasteiger partial charge < -0.3 is 14.0 Å². The predicted molar refractivity (Wildman–Crippen MR) is 98.3 cm³/mol. The molecule has 1 aromatic carbocycles. The van der Waals surface area contributed by atoms with E-state index in [1.165, 1.54) is 48.8 Å². The molecule has 10 nitrogen and oxygen atoms in total. The topological polar surface area (TPSA) is 114 Å². The Labute approximate surface area is 158 Å². The highest BCUT2D eigenvalue weighted by Crippen LogP contribution is 2.12. The minimum Gasteiger partial charge on any atom is -0.465 e. The standard InChI is InChI=1S/C18H18N4O6/c1-20-14-13(15(23)21(2)18(20)26)22(10-19-14)8-9-28-17(25)12-7-5-4-6-11(12)16(24)27-3/h4-7,10H,8-9H2,1-3H3. The lowest BCUT2D eigenvalue weighted by Gasteiger charge is -2.09. The maximum absolute atomic E-state index is 12.4. The second kappa shape index (κ2) is 7.51. The Morgan fingerprint density at radius 1 is 1.04 bits per heavy atom. The van der Waals surface area contributed by atoms with Crippen LogP contribution in [0, 0.1) is 0 Å². The van der Waals surface area contributed by atoms with Gasteiger partial charge in [0.2, 0.25) is 0 Å². The number of benzene rings is 1. The van der Waals surface area contributed by atoms with Crippen molar-refractivity contribution >= 4 is 23.1 Å². The molecule has 0 aliphatic carbocycles. The van der Waals surface area contributed by atoms with E-state index in [-0.39, 0.29) is 35.4 Å². The molecule has 0 saturated carbocycles. The molecule has 0 amide bonds. The van der Waals surface area contributed by atoms with E-state index in [4.69, 9.17) is 4.74 Å². The van der Waals surface area contributed by atoms with Crippen LogP contribution in [0.25, 0.3) is 11.2 Å². The molecule has 10 heteroatoms. The monoisotopic (exact) mass is 386 g/mol. The Morgan fingerprint density at radius 2 is 1.68 bits per heavy atom. The van der Waals surface area contributed by atoms with Gasteiger partial charge in [-0.25, -0.2) is 19.4 Å². The summed E-state index contributed by atoms with van der Waals surface area (Å²) in [6.45, 7) is 0.0852. The number of rotatable bonds is 5. The van der Waals surface area contributed by atoms with E-state index in [0.717, 1.165) is 4.57 Å². The van der Waals surface area contributed by atoms with Gasteiger partial charge in [0, 0.05) is 14.1 Å².